The van der Waals surface area contributed by atoms with Crippen molar-refractivity contribution in [2.75, 3.05) is 25.0 Å². The fourth-order valence-electron chi connectivity index (χ4n) is 5.88. The quantitative estimate of drug-likeness (QED) is 0.834. The molecule has 0 bridgehead atoms. The summed E-state index contributed by atoms with van der Waals surface area (Å²) >= 11 is 0. The molecule has 0 aromatic carbocycles. The zero-order valence-corrected chi connectivity index (χ0v) is 18.6. The van der Waals surface area contributed by atoms with Crippen LogP contribution in [0.1, 0.15) is 45.2 Å². The summed E-state index contributed by atoms with van der Waals surface area (Å²) < 4.78 is 7.74. The van der Waals surface area contributed by atoms with Crippen LogP contribution in [0.3, 0.4) is 0 Å². The van der Waals surface area contributed by atoms with Crippen molar-refractivity contribution in [3.8, 4) is 11.3 Å². The molecule has 7 heteroatoms. The van der Waals surface area contributed by atoms with E-state index < -0.39 is 0 Å². The molecule has 7 nitrogen and oxygen atoms in total. The fourth-order valence-corrected chi connectivity index (χ4v) is 5.88. The van der Waals surface area contributed by atoms with Crippen molar-refractivity contribution in [2.24, 2.45) is 18.9 Å². The van der Waals surface area contributed by atoms with Gasteiger partial charge in [0.2, 0.25) is 0 Å². The predicted molar refractivity (Wildman–Crippen MR) is 117 cm³/mol. The van der Waals surface area contributed by atoms with E-state index >= 15 is 0 Å². The molecule has 3 aliphatic rings. The lowest BCUT2D eigenvalue weighted by Gasteiger charge is -2.40. The third-order valence-electron chi connectivity index (χ3n) is 7.27. The number of aryl methyl sites for hydroxylation is 2. The first-order valence-corrected chi connectivity index (χ1v) is 11.4. The minimum atomic E-state index is 0.0316. The first-order valence-electron chi connectivity index (χ1n) is 11.4. The van der Waals surface area contributed by atoms with E-state index in [1.54, 1.807) is 0 Å². The Balaban J connectivity index is 1.16. The van der Waals surface area contributed by atoms with Gasteiger partial charge < -0.3 is 10.1 Å². The van der Waals surface area contributed by atoms with Crippen LogP contribution in [0.5, 0.6) is 0 Å². The highest BCUT2D eigenvalue weighted by atomic mass is 16.5. The van der Waals surface area contributed by atoms with Crippen LogP contribution in [0.2, 0.25) is 0 Å². The topological polar surface area (TPSA) is 68.1 Å². The molecule has 1 aliphatic carbocycles. The Bertz CT molecular complexity index is 878. The number of anilines is 1. The second kappa shape index (κ2) is 7.61. The molecular weight excluding hydrogens is 376 g/mol. The lowest BCUT2D eigenvalue weighted by molar-refractivity contribution is -0.0811. The van der Waals surface area contributed by atoms with Crippen molar-refractivity contribution >= 4 is 5.82 Å². The van der Waals surface area contributed by atoms with Crippen LogP contribution in [0.25, 0.3) is 11.3 Å². The Labute approximate surface area is 179 Å². The zero-order chi connectivity index (χ0) is 20.9. The molecular formula is C23H34N6O. The molecule has 0 radical (unpaired) electrons. The van der Waals surface area contributed by atoms with Gasteiger partial charge in [-0.25, -0.2) is 0 Å². The number of fused-ring (bicyclic) bond motifs is 1. The molecule has 3 fully saturated rings. The standard InChI is InChI=1S/C23H34N6O/c1-15-20(14-28(4)27-15)21-5-6-22(26-25-21)24-18-9-16-12-29(13-17(16)10-18)19-7-8-30-23(2,3)11-19/h5-6,14,16-19H,7-13H2,1-4H3,(H,24,26). The molecule has 1 N–H and O–H groups in total. The molecule has 2 aromatic rings. The maximum atomic E-state index is 5.92. The number of ether oxygens (including phenoxy) is 1. The van der Waals surface area contributed by atoms with E-state index in [0.29, 0.717) is 12.1 Å². The predicted octanol–water partition coefficient (Wildman–Crippen LogP) is 3.27. The van der Waals surface area contributed by atoms with Gasteiger partial charge >= 0.3 is 0 Å². The molecule has 0 amide bonds. The highest BCUT2D eigenvalue weighted by Gasteiger charge is 2.44. The first-order chi connectivity index (χ1) is 14.4. The Morgan fingerprint density at radius 3 is 2.50 bits per heavy atom. The smallest absolute Gasteiger partial charge is 0.148 e. The van der Waals surface area contributed by atoms with Gasteiger partial charge in [0.05, 0.1) is 17.0 Å². The third-order valence-corrected chi connectivity index (χ3v) is 7.27. The van der Waals surface area contributed by atoms with Crippen molar-refractivity contribution in [3.05, 3.63) is 24.0 Å². The maximum Gasteiger partial charge on any atom is 0.148 e. The molecule has 0 spiro atoms. The van der Waals surface area contributed by atoms with Gasteiger partial charge in [-0.3, -0.25) is 9.58 Å². The highest BCUT2D eigenvalue weighted by molar-refractivity contribution is 5.61. The second-order valence-electron chi connectivity index (χ2n) is 10.1. The number of rotatable bonds is 4. The highest BCUT2D eigenvalue weighted by Crippen LogP contribution is 2.41. The summed E-state index contributed by atoms with van der Waals surface area (Å²) in [4.78, 5) is 2.75. The molecule has 2 aromatic heterocycles. The Morgan fingerprint density at radius 1 is 1.13 bits per heavy atom. The van der Waals surface area contributed by atoms with Gasteiger partial charge in [-0.15, -0.1) is 10.2 Å². The average molecular weight is 411 g/mol. The lowest BCUT2D eigenvalue weighted by Crippen LogP contribution is -2.45. The number of aromatic nitrogens is 4. The summed E-state index contributed by atoms with van der Waals surface area (Å²) in [6, 6.07) is 5.30. The van der Waals surface area contributed by atoms with E-state index in [-0.39, 0.29) is 5.60 Å². The van der Waals surface area contributed by atoms with Gasteiger partial charge in [0.25, 0.3) is 0 Å². The van der Waals surface area contributed by atoms with Crippen LogP contribution in [0.4, 0.5) is 5.82 Å². The summed E-state index contributed by atoms with van der Waals surface area (Å²) in [6.45, 7) is 9.87. The molecule has 2 saturated heterocycles. The van der Waals surface area contributed by atoms with E-state index in [1.165, 1.54) is 32.4 Å². The second-order valence-corrected chi connectivity index (χ2v) is 10.1. The van der Waals surface area contributed by atoms with Gasteiger partial charge in [0.15, 0.2) is 0 Å². The summed E-state index contributed by atoms with van der Waals surface area (Å²) in [5.41, 5.74) is 2.94. The van der Waals surface area contributed by atoms with Gasteiger partial charge in [0, 0.05) is 50.6 Å². The van der Waals surface area contributed by atoms with Crippen LogP contribution >= 0.6 is 0 Å². The molecule has 162 valence electrons. The number of hydrogen-bond donors (Lipinski definition) is 1. The van der Waals surface area contributed by atoms with Crippen molar-refractivity contribution in [1.29, 1.82) is 0 Å². The maximum absolute atomic E-state index is 5.92. The lowest BCUT2D eigenvalue weighted by atomic mass is 9.93. The van der Waals surface area contributed by atoms with Gasteiger partial charge in [0.1, 0.15) is 5.82 Å². The molecule has 30 heavy (non-hydrogen) atoms. The van der Waals surface area contributed by atoms with Crippen molar-refractivity contribution in [3.63, 3.8) is 0 Å². The molecule has 1 saturated carbocycles. The summed E-state index contributed by atoms with van der Waals surface area (Å²) in [5.74, 6) is 2.49. The van der Waals surface area contributed by atoms with Crippen LogP contribution < -0.4 is 5.32 Å². The number of hydrogen-bond acceptors (Lipinski definition) is 6. The zero-order valence-electron chi connectivity index (χ0n) is 18.6. The van der Waals surface area contributed by atoms with E-state index in [4.69, 9.17) is 4.74 Å². The summed E-state index contributed by atoms with van der Waals surface area (Å²) in [7, 11) is 1.93. The summed E-state index contributed by atoms with van der Waals surface area (Å²) in [5, 5.41) is 16.9. The first kappa shape index (κ1) is 19.9. The molecule has 3 atom stereocenters. The monoisotopic (exact) mass is 410 g/mol. The van der Waals surface area contributed by atoms with E-state index in [2.05, 4.69) is 45.4 Å². The average Bonchev–Trinajstić information content (AvgIpc) is 3.34. The molecule has 4 heterocycles. The Hall–Kier alpha value is -1.99. The minimum Gasteiger partial charge on any atom is -0.375 e. The number of nitrogens with one attached hydrogen (secondary N) is 1. The van der Waals surface area contributed by atoms with Crippen LogP contribution in [-0.4, -0.2) is 62.3 Å². The molecule has 3 unspecified atom stereocenters. The van der Waals surface area contributed by atoms with E-state index in [9.17, 15) is 0 Å². The third kappa shape index (κ3) is 3.97. The number of nitrogens with zero attached hydrogens (tertiary/aromatic N) is 5. The van der Waals surface area contributed by atoms with Crippen molar-refractivity contribution < 1.29 is 4.74 Å². The van der Waals surface area contributed by atoms with Crippen LogP contribution in [0, 0.1) is 18.8 Å². The van der Waals surface area contributed by atoms with E-state index in [0.717, 1.165) is 47.6 Å². The van der Waals surface area contributed by atoms with Gasteiger partial charge in [-0.2, -0.15) is 5.10 Å². The number of likely N-dealkylation sites (tertiary alicyclic amines) is 1. The van der Waals surface area contributed by atoms with Gasteiger partial charge in [-0.1, -0.05) is 0 Å². The normalized spacial score (nSPS) is 31.1. The summed E-state index contributed by atoms with van der Waals surface area (Å²) in [6.07, 6.45) is 6.81. The molecule has 2 aliphatic heterocycles. The molecule has 5 rings (SSSR count). The van der Waals surface area contributed by atoms with Gasteiger partial charge in [-0.05, 0) is 70.4 Å². The van der Waals surface area contributed by atoms with Crippen molar-refractivity contribution in [1.82, 2.24) is 24.9 Å². The van der Waals surface area contributed by atoms with Crippen LogP contribution in [0.15, 0.2) is 18.3 Å². The fraction of sp³-hybridized carbons (Fsp3) is 0.696. The largest absolute Gasteiger partial charge is 0.375 e. The van der Waals surface area contributed by atoms with Crippen LogP contribution in [-0.2, 0) is 11.8 Å². The van der Waals surface area contributed by atoms with E-state index in [1.807, 2.05) is 30.9 Å². The SMILES string of the molecule is Cc1nn(C)cc1-c1ccc(NC2CC3CN(C4CCOC(C)(C)C4)CC3C2)nn1. The minimum absolute atomic E-state index is 0.0316. The Morgan fingerprint density at radius 2 is 1.90 bits per heavy atom. The Kier molecular flexibility index (Phi) is 5.06. The van der Waals surface area contributed by atoms with Crippen molar-refractivity contribution in [2.45, 2.75) is 64.1 Å².